The predicted octanol–water partition coefficient (Wildman–Crippen LogP) is 3.22. The Morgan fingerprint density at radius 3 is 1.65 bits per heavy atom. The van der Waals surface area contributed by atoms with Crippen LogP contribution >= 0.6 is 0 Å². The Balaban J connectivity index is 0.973. The molecule has 3 atom stereocenters. The van der Waals surface area contributed by atoms with Crippen LogP contribution in [0.5, 0.6) is 0 Å². The van der Waals surface area contributed by atoms with Crippen molar-refractivity contribution in [2.75, 3.05) is 77.0 Å². The molecule has 55 heavy (non-hydrogen) atoms. The zero-order valence-electron chi connectivity index (χ0n) is 30.8. The third-order valence-electron chi connectivity index (χ3n) is 9.87. The Bertz CT molecular complexity index is 1720. The highest BCUT2D eigenvalue weighted by molar-refractivity contribution is 5.75. The fraction of sp³-hybridized carbons (Fsp3) is 0.436. The van der Waals surface area contributed by atoms with E-state index in [4.69, 9.17) is 30.4 Å². The van der Waals surface area contributed by atoms with E-state index in [0.717, 1.165) is 16.7 Å². The molecule has 6 amide bonds. The number of amides is 6. The molecule has 3 aliphatic heterocycles. The van der Waals surface area contributed by atoms with Gasteiger partial charge in [-0.2, -0.15) is 0 Å². The van der Waals surface area contributed by atoms with Gasteiger partial charge in [0, 0.05) is 83.2 Å². The van der Waals surface area contributed by atoms with Gasteiger partial charge in [0.15, 0.2) is 0 Å². The number of carbonyl (C=O) groups excluding carboxylic acids is 4. The molecule has 0 saturated carbocycles. The average molecular weight is 759 g/mol. The summed E-state index contributed by atoms with van der Waals surface area (Å²) < 4.78 is 24.1. The molecule has 3 saturated heterocycles. The molecule has 3 aromatic carbocycles. The predicted molar refractivity (Wildman–Crippen MR) is 203 cm³/mol. The second kappa shape index (κ2) is 19.0. The van der Waals surface area contributed by atoms with Gasteiger partial charge in [-0.1, -0.05) is 54.6 Å². The summed E-state index contributed by atoms with van der Waals surface area (Å²) in [5.74, 6) is 0. The Morgan fingerprint density at radius 1 is 0.636 bits per heavy atom. The molecule has 16 heteroatoms. The molecule has 3 aliphatic rings. The number of rotatable bonds is 10. The number of anilines is 2. The summed E-state index contributed by atoms with van der Waals surface area (Å²) in [6.07, 6.45) is -2.71. The van der Waals surface area contributed by atoms with E-state index in [9.17, 15) is 19.2 Å². The molecule has 3 aromatic rings. The van der Waals surface area contributed by atoms with Crippen molar-refractivity contribution in [3.8, 4) is 0 Å². The molecule has 6 rings (SSSR count). The van der Waals surface area contributed by atoms with Gasteiger partial charge in [0.1, 0.15) is 24.9 Å². The molecule has 0 spiro atoms. The third-order valence-corrected chi connectivity index (χ3v) is 9.87. The number of nitrogen functional groups attached to an aromatic ring is 2. The first-order valence-electron chi connectivity index (χ1n) is 18.6. The van der Waals surface area contributed by atoms with Crippen molar-refractivity contribution >= 4 is 35.6 Å². The normalized spacial score (nSPS) is 20.0. The first-order chi connectivity index (χ1) is 26.7. The van der Waals surface area contributed by atoms with E-state index >= 15 is 0 Å². The Kier molecular flexibility index (Phi) is 13.5. The number of hydrogen-bond donors (Lipinski definition) is 4. The Hall–Kier alpha value is -5.74. The Morgan fingerprint density at radius 2 is 1.13 bits per heavy atom. The maximum Gasteiger partial charge on any atom is 0.410 e. The van der Waals surface area contributed by atoms with E-state index in [2.05, 4.69) is 10.6 Å². The van der Waals surface area contributed by atoms with Crippen LogP contribution < -0.4 is 22.1 Å². The molecule has 0 aromatic heterocycles. The maximum absolute atomic E-state index is 13.4. The molecule has 294 valence electrons. The lowest BCUT2D eigenvalue weighted by Crippen LogP contribution is -2.56. The topological polar surface area (TPSA) is 194 Å². The minimum atomic E-state index is -0.715. The van der Waals surface area contributed by atoms with Gasteiger partial charge in [0.05, 0.1) is 13.2 Å². The van der Waals surface area contributed by atoms with Crippen LogP contribution in [-0.4, -0.2) is 128 Å². The van der Waals surface area contributed by atoms with Crippen molar-refractivity contribution in [2.24, 2.45) is 0 Å². The third kappa shape index (κ3) is 11.1. The summed E-state index contributed by atoms with van der Waals surface area (Å²) in [6.45, 7) is 3.79. The van der Waals surface area contributed by atoms with Crippen molar-refractivity contribution in [1.82, 2.24) is 30.2 Å². The number of benzene rings is 3. The minimum Gasteiger partial charge on any atom is -0.447 e. The van der Waals surface area contributed by atoms with Gasteiger partial charge in [0.25, 0.3) is 0 Å². The summed E-state index contributed by atoms with van der Waals surface area (Å²) in [5.41, 5.74) is 15.6. The van der Waals surface area contributed by atoms with E-state index in [1.807, 2.05) is 54.6 Å². The molecule has 0 radical (unpaired) electrons. The first kappa shape index (κ1) is 39.0. The average Bonchev–Trinajstić information content (AvgIpc) is 3.22. The second-order valence-electron chi connectivity index (χ2n) is 13.7. The van der Waals surface area contributed by atoms with Crippen molar-refractivity contribution in [1.29, 1.82) is 0 Å². The van der Waals surface area contributed by atoms with E-state index < -0.39 is 30.5 Å². The highest BCUT2D eigenvalue weighted by Gasteiger charge is 2.40. The van der Waals surface area contributed by atoms with E-state index in [-0.39, 0.29) is 31.9 Å². The van der Waals surface area contributed by atoms with E-state index in [1.165, 1.54) is 0 Å². The number of ether oxygens (including phenoxy) is 4. The fourth-order valence-corrected chi connectivity index (χ4v) is 6.57. The summed E-state index contributed by atoms with van der Waals surface area (Å²) in [4.78, 5) is 58.6. The van der Waals surface area contributed by atoms with Crippen LogP contribution in [0.15, 0.2) is 78.9 Å². The zero-order chi connectivity index (χ0) is 38.6. The number of carbonyl (C=O) groups is 4. The van der Waals surface area contributed by atoms with Crippen LogP contribution in [0.25, 0.3) is 0 Å². The molecule has 16 nitrogen and oxygen atoms in total. The zero-order valence-corrected chi connectivity index (χ0v) is 30.8. The highest BCUT2D eigenvalue weighted by atomic mass is 16.6. The molecular formula is C39H50N8O8. The van der Waals surface area contributed by atoms with E-state index in [1.54, 1.807) is 43.9 Å². The van der Waals surface area contributed by atoms with Crippen molar-refractivity contribution in [3.05, 3.63) is 95.6 Å². The van der Waals surface area contributed by atoms with Gasteiger partial charge < -0.3 is 60.6 Å². The number of hydrogen-bond acceptors (Lipinski definition) is 10. The SMILES string of the molecule is Nc1ccc(CNC(=O)N2CCN(C(=O)OC[C@H]3OCC[C@@H](OC(=O)N4CCN(C(=O)NCc5ccc(N)cc5)CC4)[C@@H]3OCc3ccccc3)CC2)cc1. The Labute approximate surface area is 320 Å². The smallest absolute Gasteiger partial charge is 0.410 e. The van der Waals surface area contributed by atoms with E-state index in [0.29, 0.717) is 83.2 Å². The summed E-state index contributed by atoms with van der Waals surface area (Å²) in [7, 11) is 0. The number of nitrogens with two attached hydrogens (primary N) is 2. The summed E-state index contributed by atoms with van der Waals surface area (Å²) >= 11 is 0. The molecule has 3 heterocycles. The lowest BCUT2D eigenvalue weighted by molar-refractivity contribution is -0.178. The van der Waals surface area contributed by atoms with Crippen molar-refractivity contribution in [2.45, 2.75) is 44.4 Å². The van der Waals surface area contributed by atoms with Crippen LogP contribution in [-0.2, 0) is 38.6 Å². The molecule has 6 N–H and O–H groups in total. The number of nitrogens with zero attached hydrogens (tertiary/aromatic N) is 4. The number of urea groups is 2. The van der Waals surface area contributed by atoms with Crippen LogP contribution in [0.1, 0.15) is 23.1 Å². The van der Waals surface area contributed by atoms with Crippen LogP contribution in [0.4, 0.5) is 30.6 Å². The highest BCUT2D eigenvalue weighted by Crippen LogP contribution is 2.24. The van der Waals surface area contributed by atoms with Gasteiger partial charge in [-0.15, -0.1) is 0 Å². The number of piperazine rings is 2. The lowest BCUT2D eigenvalue weighted by atomic mass is 10.0. The molecular weight excluding hydrogens is 708 g/mol. The van der Waals surface area contributed by atoms with Gasteiger partial charge in [-0.25, -0.2) is 19.2 Å². The van der Waals surface area contributed by atoms with Gasteiger partial charge >= 0.3 is 24.2 Å². The van der Waals surface area contributed by atoms with Crippen LogP contribution in [0.2, 0.25) is 0 Å². The van der Waals surface area contributed by atoms with Crippen LogP contribution in [0, 0.1) is 0 Å². The maximum atomic E-state index is 13.4. The molecule has 3 fully saturated rings. The van der Waals surface area contributed by atoms with Crippen LogP contribution in [0.3, 0.4) is 0 Å². The summed E-state index contributed by atoms with van der Waals surface area (Å²) in [6, 6.07) is 23.8. The molecule has 0 aliphatic carbocycles. The number of nitrogens with one attached hydrogen (secondary N) is 2. The standard InChI is InChI=1S/C39H50N8O8/c40-31-10-6-28(7-11-31)24-42-36(48)44-15-19-46(20-16-44)38(50)54-27-34-35(53-26-30-4-2-1-3-5-30)33(14-23-52-34)55-39(51)47-21-17-45(18-22-47)37(49)43-25-29-8-12-32(41)13-9-29/h1-13,33-35H,14-27,40-41H2,(H,42,48)(H,43,49)/t33-,34-,35+/m1/s1. The second-order valence-corrected chi connectivity index (χ2v) is 13.7. The van der Waals surface area contributed by atoms with Crippen molar-refractivity contribution < 1.29 is 38.1 Å². The lowest BCUT2D eigenvalue weighted by Gasteiger charge is -2.39. The minimum absolute atomic E-state index is 0.112. The fourth-order valence-electron chi connectivity index (χ4n) is 6.57. The molecule has 0 unspecified atom stereocenters. The monoisotopic (exact) mass is 758 g/mol. The molecule has 0 bridgehead atoms. The van der Waals surface area contributed by atoms with Gasteiger partial charge in [-0.3, -0.25) is 0 Å². The first-order valence-corrected chi connectivity index (χ1v) is 18.6. The van der Waals surface area contributed by atoms with Crippen molar-refractivity contribution in [3.63, 3.8) is 0 Å². The van der Waals surface area contributed by atoms with Gasteiger partial charge in [-0.05, 0) is 41.0 Å². The largest absolute Gasteiger partial charge is 0.447 e. The quantitative estimate of drug-likeness (QED) is 0.223. The van der Waals surface area contributed by atoms with Gasteiger partial charge in [0.2, 0.25) is 0 Å². The summed E-state index contributed by atoms with van der Waals surface area (Å²) in [5, 5.41) is 5.82.